The molecule has 0 fully saturated rings. The van der Waals surface area contributed by atoms with E-state index in [9.17, 15) is 14.7 Å². The van der Waals surface area contributed by atoms with Crippen molar-refractivity contribution in [2.45, 2.75) is 26.9 Å². The van der Waals surface area contributed by atoms with Crippen molar-refractivity contribution in [3.63, 3.8) is 0 Å². The maximum Gasteiger partial charge on any atom is 0.151 e. The molecule has 0 atom stereocenters. The minimum atomic E-state index is -0.167. The summed E-state index contributed by atoms with van der Waals surface area (Å²) in [6.07, 6.45) is 1.13. The third-order valence-electron chi connectivity index (χ3n) is 3.28. The minimum Gasteiger partial charge on any atom is -0.392 e. The van der Waals surface area contributed by atoms with Crippen molar-refractivity contribution in [1.29, 1.82) is 0 Å². The molecule has 0 radical (unpaired) electrons. The van der Waals surface area contributed by atoms with Gasteiger partial charge in [-0.3, -0.25) is 9.59 Å². The zero-order chi connectivity index (χ0) is 14.0. The average Bonchev–Trinajstić information content (AvgIpc) is 2.36. The van der Waals surface area contributed by atoms with Crippen LogP contribution in [-0.4, -0.2) is 17.2 Å². The number of rotatable bonds is 4. The number of carbonyl (C=O) groups excluding carboxylic acids is 2. The maximum absolute atomic E-state index is 11.3. The molecule has 0 aliphatic heterocycles. The van der Waals surface area contributed by atoms with Crippen LogP contribution < -0.4 is 0 Å². The van der Waals surface area contributed by atoms with E-state index in [1.54, 1.807) is 13.0 Å². The number of aryl methyl sites for hydroxylation is 1. The SMILES string of the molecule is CC(=O)Cc1cc(C)c2ccc(CO)c(C=O)c2c1. The molecule has 0 aliphatic rings. The highest BCUT2D eigenvalue weighted by Crippen LogP contribution is 2.26. The molecule has 19 heavy (non-hydrogen) atoms. The Morgan fingerprint density at radius 2 is 2.00 bits per heavy atom. The predicted octanol–water partition coefficient (Wildman–Crippen LogP) is 2.58. The molecular formula is C16H16O3. The summed E-state index contributed by atoms with van der Waals surface area (Å²) in [6, 6.07) is 7.51. The van der Waals surface area contributed by atoms with Crippen molar-refractivity contribution in [3.05, 3.63) is 46.5 Å². The minimum absolute atomic E-state index is 0.0877. The van der Waals surface area contributed by atoms with Crippen LogP contribution in [0.2, 0.25) is 0 Å². The molecular weight excluding hydrogens is 240 g/mol. The van der Waals surface area contributed by atoms with E-state index in [0.717, 1.165) is 28.2 Å². The van der Waals surface area contributed by atoms with Gasteiger partial charge in [-0.15, -0.1) is 0 Å². The molecule has 2 aromatic rings. The van der Waals surface area contributed by atoms with E-state index in [4.69, 9.17) is 0 Å². The van der Waals surface area contributed by atoms with Crippen LogP contribution in [0.25, 0.3) is 10.8 Å². The molecule has 0 heterocycles. The lowest BCUT2D eigenvalue weighted by molar-refractivity contribution is -0.116. The van der Waals surface area contributed by atoms with Gasteiger partial charge < -0.3 is 5.11 Å². The first-order valence-electron chi connectivity index (χ1n) is 6.17. The van der Waals surface area contributed by atoms with Crippen LogP contribution in [0.3, 0.4) is 0 Å². The van der Waals surface area contributed by atoms with E-state index in [1.165, 1.54) is 0 Å². The van der Waals surface area contributed by atoms with Crippen LogP contribution in [-0.2, 0) is 17.8 Å². The van der Waals surface area contributed by atoms with Gasteiger partial charge >= 0.3 is 0 Å². The number of aliphatic hydroxyl groups is 1. The molecule has 0 saturated carbocycles. The van der Waals surface area contributed by atoms with Gasteiger partial charge in [0.05, 0.1) is 6.61 Å². The lowest BCUT2D eigenvalue weighted by Gasteiger charge is -2.11. The monoisotopic (exact) mass is 256 g/mol. The van der Waals surface area contributed by atoms with E-state index in [1.807, 2.05) is 25.1 Å². The number of fused-ring (bicyclic) bond motifs is 1. The predicted molar refractivity (Wildman–Crippen MR) is 74.4 cm³/mol. The molecule has 3 nitrogen and oxygen atoms in total. The highest BCUT2D eigenvalue weighted by Gasteiger charge is 2.10. The second-order valence-electron chi connectivity index (χ2n) is 4.80. The van der Waals surface area contributed by atoms with Crippen molar-refractivity contribution in [1.82, 2.24) is 0 Å². The van der Waals surface area contributed by atoms with E-state index in [2.05, 4.69) is 0 Å². The second-order valence-corrected chi connectivity index (χ2v) is 4.80. The van der Waals surface area contributed by atoms with Crippen molar-refractivity contribution in [2.75, 3.05) is 0 Å². The summed E-state index contributed by atoms with van der Waals surface area (Å²) in [4.78, 5) is 22.5. The number of hydrogen-bond donors (Lipinski definition) is 1. The van der Waals surface area contributed by atoms with Gasteiger partial charge in [0.1, 0.15) is 5.78 Å². The van der Waals surface area contributed by atoms with Gasteiger partial charge in [0.2, 0.25) is 0 Å². The van der Waals surface area contributed by atoms with E-state index < -0.39 is 0 Å². The molecule has 0 aromatic heterocycles. The summed E-state index contributed by atoms with van der Waals surface area (Å²) in [5.74, 6) is 0.0877. The van der Waals surface area contributed by atoms with Crippen LogP contribution in [0, 0.1) is 6.92 Å². The fourth-order valence-electron chi connectivity index (χ4n) is 2.43. The van der Waals surface area contributed by atoms with Crippen molar-refractivity contribution in [2.24, 2.45) is 0 Å². The smallest absolute Gasteiger partial charge is 0.151 e. The first-order valence-corrected chi connectivity index (χ1v) is 6.17. The molecule has 3 heteroatoms. The molecule has 0 unspecified atom stereocenters. The van der Waals surface area contributed by atoms with E-state index in [0.29, 0.717) is 17.5 Å². The van der Waals surface area contributed by atoms with Gasteiger partial charge in [0, 0.05) is 12.0 Å². The van der Waals surface area contributed by atoms with Gasteiger partial charge in [-0.05, 0) is 47.4 Å². The third kappa shape index (κ3) is 2.56. The Bertz CT molecular complexity index is 657. The Labute approximate surface area is 111 Å². The first kappa shape index (κ1) is 13.4. The number of carbonyl (C=O) groups is 2. The number of Topliss-reactive ketones (excluding diaryl/α,β-unsaturated/α-hetero) is 1. The van der Waals surface area contributed by atoms with Crippen molar-refractivity contribution >= 4 is 22.8 Å². The van der Waals surface area contributed by atoms with Crippen LogP contribution in [0.5, 0.6) is 0 Å². The Morgan fingerprint density at radius 1 is 1.26 bits per heavy atom. The topological polar surface area (TPSA) is 54.4 Å². The molecule has 2 rings (SSSR count). The summed E-state index contributed by atoms with van der Waals surface area (Å²) in [6.45, 7) is 3.34. The second kappa shape index (κ2) is 5.33. The number of aliphatic hydroxyl groups excluding tert-OH is 1. The molecule has 1 N–H and O–H groups in total. The molecule has 98 valence electrons. The largest absolute Gasteiger partial charge is 0.392 e. The van der Waals surface area contributed by atoms with E-state index in [-0.39, 0.29) is 12.4 Å². The van der Waals surface area contributed by atoms with E-state index >= 15 is 0 Å². The normalized spacial score (nSPS) is 10.7. The zero-order valence-electron chi connectivity index (χ0n) is 11.1. The summed E-state index contributed by atoms with van der Waals surface area (Å²) in [5.41, 5.74) is 3.05. The van der Waals surface area contributed by atoms with Crippen molar-refractivity contribution < 1.29 is 14.7 Å². The summed E-state index contributed by atoms with van der Waals surface area (Å²) >= 11 is 0. The van der Waals surface area contributed by atoms with Crippen LogP contribution in [0.4, 0.5) is 0 Å². The molecule has 0 aliphatic carbocycles. The van der Waals surface area contributed by atoms with Crippen LogP contribution >= 0.6 is 0 Å². The molecule has 0 saturated heterocycles. The van der Waals surface area contributed by atoms with Gasteiger partial charge in [-0.2, -0.15) is 0 Å². The lowest BCUT2D eigenvalue weighted by atomic mass is 9.94. The maximum atomic E-state index is 11.3. The van der Waals surface area contributed by atoms with Gasteiger partial charge in [0.15, 0.2) is 6.29 Å². The van der Waals surface area contributed by atoms with Gasteiger partial charge in [-0.1, -0.05) is 18.2 Å². The molecule has 0 spiro atoms. The Hall–Kier alpha value is -2.00. The van der Waals surface area contributed by atoms with Gasteiger partial charge in [0.25, 0.3) is 0 Å². The summed E-state index contributed by atoms with van der Waals surface area (Å²) < 4.78 is 0. The molecule has 2 aromatic carbocycles. The van der Waals surface area contributed by atoms with Crippen molar-refractivity contribution in [3.8, 4) is 0 Å². The number of aldehydes is 1. The fourth-order valence-corrected chi connectivity index (χ4v) is 2.43. The number of hydrogen-bond acceptors (Lipinski definition) is 3. The summed E-state index contributed by atoms with van der Waals surface area (Å²) in [7, 11) is 0. The third-order valence-corrected chi connectivity index (χ3v) is 3.28. The van der Waals surface area contributed by atoms with Gasteiger partial charge in [-0.25, -0.2) is 0 Å². The number of ketones is 1. The highest BCUT2D eigenvalue weighted by atomic mass is 16.3. The fraction of sp³-hybridized carbons (Fsp3) is 0.250. The Morgan fingerprint density at radius 3 is 2.58 bits per heavy atom. The molecule has 0 amide bonds. The summed E-state index contributed by atoms with van der Waals surface area (Å²) in [5, 5.41) is 11.1. The van der Waals surface area contributed by atoms with Crippen LogP contribution in [0.15, 0.2) is 24.3 Å². The zero-order valence-corrected chi connectivity index (χ0v) is 11.1. The quantitative estimate of drug-likeness (QED) is 0.855. The lowest BCUT2D eigenvalue weighted by Crippen LogP contribution is -2.00. The Kier molecular flexibility index (Phi) is 3.76. The Balaban J connectivity index is 2.75. The standard InChI is InChI=1S/C16H16O3/c1-10-5-12(6-11(2)19)7-15-14(10)4-3-13(8-17)16(15)9-18/h3-5,7,9,17H,6,8H2,1-2H3. The average molecular weight is 256 g/mol. The van der Waals surface area contributed by atoms with Crippen LogP contribution in [0.1, 0.15) is 34.0 Å². The highest BCUT2D eigenvalue weighted by molar-refractivity contribution is 6.01. The number of benzene rings is 2. The molecule has 0 bridgehead atoms. The first-order chi connectivity index (χ1) is 9.06.